The molecule has 51 heavy (non-hydrogen) atoms. The Morgan fingerprint density at radius 3 is 1.90 bits per heavy atom. The van der Waals surface area contributed by atoms with Gasteiger partial charge in [0.15, 0.2) is 6.29 Å². The molecule has 0 spiro atoms. The van der Waals surface area contributed by atoms with Crippen molar-refractivity contribution in [3.8, 4) is 0 Å². The molecule has 4 unspecified atom stereocenters. The lowest BCUT2D eigenvalue weighted by atomic mass is 9.85. The molecule has 1 aliphatic carbocycles. The van der Waals surface area contributed by atoms with Crippen molar-refractivity contribution in [1.29, 1.82) is 0 Å². The number of Topliss-reactive ketones (excluding diaryl/α,β-unsaturated/α-hetero) is 1. The Morgan fingerprint density at radius 1 is 0.961 bits per heavy atom. The average Bonchev–Trinajstić information content (AvgIpc) is 3.79. The molecule has 1 saturated heterocycles. The van der Waals surface area contributed by atoms with Gasteiger partial charge in [0, 0.05) is 38.8 Å². The van der Waals surface area contributed by atoms with Crippen LogP contribution < -0.4 is 26.6 Å². The highest BCUT2D eigenvalue weighted by atomic mass is 32.1. The van der Waals surface area contributed by atoms with E-state index in [-0.39, 0.29) is 23.7 Å². The van der Waals surface area contributed by atoms with E-state index in [2.05, 4.69) is 52.9 Å². The molecule has 12 nitrogen and oxygen atoms in total. The summed E-state index contributed by atoms with van der Waals surface area (Å²) < 4.78 is 1.77. The number of nitrogens with zero attached hydrogens (tertiary/aromatic N) is 2. The summed E-state index contributed by atoms with van der Waals surface area (Å²) in [5.41, 5.74) is -0.877. The van der Waals surface area contributed by atoms with Crippen molar-refractivity contribution in [2.24, 2.45) is 16.7 Å². The van der Waals surface area contributed by atoms with Crippen LogP contribution in [0.5, 0.6) is 0 Å². The maximum absolute atomic E-state index is 13.6. The summed E-state index contributed by atoms with van der Waals surface area (Å²) in [5.74, 6) is -0.459. The summed E-state index contributed by atoms with van der Waals surface area (Å²) in [4.78, 5) is 63.3. The van der Waals surface area contributed by atoms with Crippen LogP contribution in [0, 0.1) is 16.7 Å². The van der Waals surface area contributed by atoms with Crippen molar-refractivity contribution in [3.63, 3.8) is 0 Å². The van der Waals surface area contributed by atoms with Crippen molar-refractivity contribution >= 4 is 42.7 Å². The second kappa shape index (κ2) is 29.0. The zero-order chi connectivity index (χ0) is 40.4. The predicted molar refractivity (Wildman–Crippen MR) is 216 cm³/mol. The van der Waals surface area contributed by atoms with Gasteiger partial charge in [0.1, 0.15) is 12.1 Å². The molecular formula is C38H77N7O5S. The van der Waals surface area contributed by atoms with E-state index in [0.29, 0.717) is 32.5 Å². The molecular weight excluding hydrogens is 667 g/mol. The van der Waals surface area contributed by atoms with Gasteiger partial charge >= 0.3 is 6.03 Å². The summed E-state index contributed by atoms with van der Waals surface area (Å²) in [6.45, 7) is 30.1. The van der Waals surface area contributed by atoms with Gasteiger partial charge in [-0.15, -0.1) is 6.58 Å². The van der Waals surface area contributed by atoms with Crippen LogP contribution in [0.2, 0.25) is 0 Å². The number of thiol groups is 1. The van der Waals surface area contributed by atoms with E-state index in [1.807, 2.05) is 89.4 Å². The molecule has 0 aromatic heterocycles. The van der Waals surface area contributed by atoms with E-state index in [1.54, 1.807) is 4.31 Å². The number of carbonyl (C=O) groups is 5. The van der Waals surface area contributed by atoms with Crippen molar-refractivity contribution in [3.05, 3.63) is 12.7 Å². The summed E-state index contributed by atoms with van der Waals surface area (Å²) in [6.07, 6.45) is 7.47. The minimum atomic E-state index is -0.971. The summed E-state index contributed by atoms with van der Waals surface area (Å²) in [7, 11) is 3.75. The van der Waals surface area contributed by atoms with E-state index in [9.17, 15) is 24.0 Å². The lowest BCUT2D eigenvalue weighted by Crippen LogP contribution is -2.61. The molecule has 4 atom stereocenters. The number of nitrogens with one attached hydrogen (secondary N) is 5. The molecule has 13 heteroatoms. The van der Waals surface area contributed by atoms with Crippen molar-refractivity contribution in [1.82, 2.24) is 35.8 Å². The number of rotatable bonds is 15. The quantitative estimate of drug-likeness (QED) is 0.0451. The Morgan fingerprint density at radius 2 is 1.53 bits per heavy atom. The van der Waals surface area contributed by atoms with Gasteiger partial charge in [-0.2, -0.15) is 0 Å². The van der Waals surface area contributed by atoms with Crippen LogP contribution in [0.15, 0.2) is 12.7 Å². The number of carbonyl (C=O) groups excluding carboxylic acids is 5. The number of hydrogen-bond donors (Lipinski definition) is 6. The molecule has 4 amide bonds. The van der Waals surface area contributed by atoms with Gasteiger partial charge < -0.3 is 31.5 Å². The van der Waals surface area contributed by atoms with Crippen molar-refractivity contribution in [2.75, 3.05) is 46.8 Å². The Balaban J connectivity index is -0.00000138. The number of amides is 4. The van der Waals surface area contributed by atoms with E-state index in [4.69, 9.17) is 0 Å². The molecule has 0 radical (unpaired) electrons. The van der Waals surface area contributed by atoms with E-state index in [0.717, 1.165) is 19.0 Å². The van der Waals surface area contributed by atoms with E-state index in [1.165, 1.54) is 31.1 Å². The zero-order valence-electron chi connectivity index (χ0n) is 34.7. The first-order valence-corrected chi connectivity index (χ1v) is 19.3. The van der Waals surface area contributed by atoms with Gasteiger partial charge in [0.05, 0.1) is 6.04 Å². The number of urea groups is 1. The Bertz CT molecular complexity index is 994. The van der Waals surface area contributed by atoms with E-state index < -0.39 is 41.3 Å². The van der Waals surface area contributed by atoms with Gasteiger partial charge in [-0.05, 0) is 50.6 Å². The first-order chi connectivity index (χ1) is 23.8. The molecule has 5 N–H and O–H groups in total. The first kappa shape index (κ1) is 52.9. The van der Waals surface area contributed by atoms with Gasteiger partial charge in [-0.1, -0.05) is 114 Å². The zero-order valence-corrected chi connectivity index (χ0v) is 35.6. The van der Waals surface area contributed by atoms with Crippen molar-refractivity contribution in [2.45, 2.75) is 139 Å². The van der Waals surface area contributed by atoms with Gasteiger partial charge in [0.25, 0.3) is 0 Å². The molecule has 0 aromatic carbocycles. The van der Waals surface area contributed by atoms with Crippen molar-refractivity contribution < 1.29 is 24.0 Å². The second-order valence-corrected chi connectivity index (χ2v) is 15.2. The maximum atomic E-state index is 13.6. The largest absolute Gasteiger partial charge is 0.344 e. The molecule has 0 aromatic rings. The molecule has 0 bridgehead atoms. The Hall–Kier alpha value is -2.48. The maximum Gasteiger partial charge on any atom is 0.315 e. The lowest BCUT2D eigenvalue weighted by Gasteiger charge is -2.37. The highest BCUT2D eigenvalue weighted by Crippen LogP contribution is 2.31. The monoisotopic (exact) mass is 744 g/mol. The SMILES string of the molecule is C=CCNC.CC.CC.CC(NC(=O)C1CCCN1C(=O)C(NC(=O)NC(CNCCN(C)S)C(C)(C)C)C(C)(C)C)C(=O)C=O.CCC1CC1. The fraction of sp³-hybridized carbons (Fsp3) is 0.816. The molecule has 2 fully saturated rings. The van der Waals surface area contributed by atoms with Gasteiger partial charge in [0.2, 0.25) is 17.6 Å². The normalized spacial score (nSPS) is 16.8. The predicted octanol–water partition coefficient (Wildman–Crippen LogP) is 5.00. The number of likely N-dealkylation sites (N-methyl/N-ethyl adjacent to an activating group) is 2. The standard InChI is InChI=1S/C25H46N6O5S.C5H10.C4H9N.2C2H6/c1-16(18(33)15-32)27-21(34)17-10-9-12-31(17)22(35)20(25(5,6)7)29-23(36)28-19(24(2,3)4)14-26-11-13-30(8)37;1-2-5-3-4-5;1-3-4-5-2;2*1-2/h15-17,19-20,26,37H,9-14H2,1-8H3,(H,27,34)(H2,28,29,36);5H,2-4H2,1H3;3,5H,1,4H2,2H3;2*1-2H3. The Kier molecular flexibility index (Phi) is 30.1. The minimum Gasteiger partial charge on any atom is -0.344 e. The topological polar surface area (TPSA) is 152 Å². The highest BCUT2D eigenvalue weighted by Gasteiger charge is 2.42. The summed E-state index contributed by atoms with van der Waals surface area (Å²) >= 11 is 4.23. The summed E-state index contributed by atoms with van der Waals surface area (Å²) in [5, 5.41) is 14.6. The molecule has 2 rings (SSSR count). The van der Waals surface area contributed by atoms with Crippen LogP contribution in [0.1, 0.15) is 115 Å². The summed E-state index contributed by atoms with van der Waals surface area (Å²) in [6, 6.07) is -3.31. The fourth-order valence-electron chi connectivity index (χ4n) is 4.66. The molecule has 1 heterocycles. The van der Waals surface area contributed by atoms with Crippen LogP contribution in [0.3, 0.4) is 0 Å². The van der Waals surface area contributed by atoms with Crippen LogP contribution >= 0.6 is 12.8 Å². The fourth-order valence-corrected chi connectivity index (χ4v) is 4.76. The van der Waals surface area contributed by atoms with Gasteiger partial charge in [-0.25, -0.2) is 4.79 Å². The first-order valence-electron chi connectivity index (χ1n) is 18.9. The average molecular weight is 744 g/mol. The third-order valence-corrected chi connectivity index (χ3v) is 8.26. The number of aldehydes is 1. The van der Waals surface area contributed by atoms with Crippen LogP contribution in [-0.2, 0) is 19.2 Å². The number of likely N-dealkylation sites (tertiary alicyclic amines) is 1. The third kappa shape index (κ3) is 24.4. The van der Waals surface area contributed by atoms with E-state index >= 15 is 0 Å². The Labute approximate surface area is 317 Å². The highest BCUT2D eigenvalue weighted by molar-refractivity contribution is 7.77. The van der Waals surface area contributed by atoms with Crippen LogP contribution in [-0.4, -0.2) is 110 Å². The number of hydrogen-bond acceptors (Lipinski definition) is 9. The van der Waals surface area contributed by atoms with Crippen LogP contribution in [0.25, 0.3) is 0 Å². The molecule has 2 aliphatic rings. The third-order valence-electron chi connectivity index (χ3n) is 8.06. The molecule has 1 saturated carbocycles. The lowest BCUT2D eigenvalue weighted by molar-refractivity contribution is -0.142. The smallest absolute Gasteiger partial charge is 0.315 e. The van der Waals surface area contributed by atoms with Gasteiger partial charge in [-0.3, -0.25) is 23.5 Å². The van der Waals surface area contributed by atoms with Crippen LogP contribution in [0.4, 0.5) is 4.79 Å². The molecule has 1 aliphatic heterocycles. The number of ketones is 1. The molecule has 300 valence electrons. The minimum absolute atomic E-state index is 0.167. The second-order valence-electron chi connectivity index (χ2n) is 14.6.